The number of imidazole rings is 1. The molecule has 0 amide bonds. The monoisotopic (exact) mass is 452 g/mol. The standard InChI is InChI=1S/C28H24N2O2S/c31-28(11-15-32-16-12-28)21-7-4-8-22(17-21)33-23-9-10-24-25(20-5-2-1-3-6-20)19-27-29-13-14-30(27)26(24)18-23/h1-10,13-14,17-19,31H,11-12,15-16H2. The highest BCUT2D eigenvalue weighted by atomic mass is 32.2. The predicted molar refractivity (Wildman–Crippen MR) is 133 cm³/mol. The highest BCUT2D eigenvalue weighted by Crippen LogP contribution is 2.38. The molecule has 0 aliphatic carbocycles. The Kier molecular flexibility index (Phi) is 5.18. The smallest absolute Gasteiger partial charge is 0.137 e. The van der Waals surface area contributed by atoms with Gasteiger partial charge in [0.25, 0.3) is 0 Å². The van der Waals surface area contributed by atoms with Crippen molar-refractivity contribution in [3.63, 3.8) is 0 Å². The quantitative estimate of drug-likeness (QED) is 0.347. The Bertz CT molecular complexity index is 1440. The van der Waals surface area contributed by atoms with Crippen molar-refractivity contribution >= 4 is 28.3 Å². The summed E-state index contributed by atoms with van der Waals surface area (Å²) >= 11 is 1.72. The van der Waals surface area contributed by atoms with E-state index in [1.807, 2.05) is 30.6 Å². The van der Waals surface area contributed by atoms with Gasteiger partial charge < -0.3 is 9.84 Å². The minimum absolute atomic E-state index is 0.600. The molecule has 0 radical (unpaired) electrons. The molecular weight excluding hydrogens is 428 g/mol. The van der Waals surface area contributed by atoms with Crippen molar-refractivity contribution in [1.29, 1.82) is 0 Å². The van der Waals surface area contributed by atoms with Crippen LogP contribution < -0.4 is 0 Å². The topological polar surface area (TPSA) is 46.8 Å². The normalized spacial score (nSPS) is 15.8. The molecule has 0 unspecified atom stereocenters. The van der Waals surface area contributed by atoms with E-state index in [-0.39, 0.29) is 0 Å². The van der Waals surface area contributed by atoms with Crippen LogP contribution in [0.4, 0.5) is 0 Å². The molecule has 3 heterocycles. The highest BCUT2D eigenvalue weighted by molar-refractivity contribution is 7.99. The van der Waals surface area contributed by atoms with Crippen molar-refractivity contribution in [2.45, 2.75) is 28.2 Å². The molecule has 1 N–H and O–H groups in total. The minimum atomic E-state index is -0.800. The molecule has 0 atom stereocenters. The largest absolute Gasteiger partial charge is 0.385 e. The summed E-state index contributed by atoms with van der Waals surface area (Å²) in [6, 6.07) is 27.5. The van der Waals surface area contributed by atoms with Crippen LogP contribution in [-0.4, -0.2) is 27.7 Å². The third kappa shape index (κ3) is 3.82. The zero-order valence-corrected chi connectivity index (χ0v) is 19.0. The van der Waals surface area contributed by atoms with Crippen LogP contribution in [-0.2, 0) is 10.3 Å². The Labute approximate surface area is 196 Å². The van der Waals surface area contributed by atoms with Crippen LogP contribution in [0.1, 0.15) is 18.4 Å². The van der Waals surface area contributed by atoms with Crippen molar-refractivity contribution in [3.05, 3.63) is 96.8 Å². The molecule has 0 bridgehead atoms. The number of hydrogen-bond acceptors (Lipinski definition) is 4. The summed E-state index contributed by atoms with van der Waals surface area (Å²) in [7, 11) is 0. The molecular formula is C28H24N2O2S. The maximum atomic E-state index is 11.1. The molecule has 1 aliphatic rings. The van der Waals surface area contributed by atoms with E-state index >= 15 is 0 Å². The van der Waals surface area contributed by atoms with Gasteiger partial charge in [-0.1, -0.05) is 60.3 Å². The molecule has 5 aromatic rings. The third-order valence-electron chi connectivity index (χ3n) is 6.47. The van der Waals surface area contributed by atoms with Crippen LogP contribution in [0.25, 0.3) is 27.7 Å². The fourth-order valence-corrected chi connectivity index (χ4v) is 5.59. The number of hydrogen-bond donors (Lipinski definition) is 1. The summed E-state index contributed by atoms with van der Waals surface area (Å²) in [5.41, 5.74) is 4.61. The van der Waals surface area contributed by atoms with Crippen LogP contribution in [0.15, 0.2) is 101 Å². The molecule has 1 aliphatic heterocycles. The molecule has 5 heteroatoms. The van der Waals surface area contributed by atoms with Gasteiger partial charge in [-0.15, -0.1) is 0 Å². The second-order valence-electron chi connectivity index (χ2n) is 8.53. The Morgan fingerprint density at radius 1 is 0.879 bits per heavy atom. The van der Waals surface area contributed by atoms with Crippen LogP contribution in [0.3, 0.4) is 0 Å². The molecule has 1 saturated heterocycles. The first-order valence-corrected chi connectivity index (χ1v) is 12.1. The number of benzene rings is 3. The van der Waals surface area contributed by atoms with Crippen LogP contribution in [0.2, 0.25) is 0 Å². The number of aromatic nitrogens is 2. The fraction of sp³-hybridized carbons (Fsp3) is 0.179. The second kappa shape index (κ2) is 8.34. The van der Waals surface area contributed by atoms with Gasteiger partial charge in [0.05, 0.1) is 11.1 Å². The molecule has 0 saturated carbocycles. The number of pyridine rings is 1. The summed E-state index contributed by atoms with van der Waals surface area (Å²) in [6.45, 7) is 1.20. The number of fused-ring (bicyclic) bond motifs is 3. The van der Waals surface area contributed by atoms with Crippen molar-refractivity contribution in [2.24, 2.45) is 0 Å². The lowest BCUT2D eigenvalue weighted by Crippen LogP contribution is -2.33. The lowest BCUT2D eigenvalue weighted by Gasteiger charge is -2.32. The molecule has 0 spiro atoms. The zero-order chi connectivity index (χ0) is 22.3. The van der Waals surface area contributed by atoms with Crippen LogP contribution in [0, 0.1) is 0 Å². The van der Waals surface area contributed by atoms with E-state index in [2.05, 4.69) is 70.0 Å². The second-order valence-corrected chi connectivity index (χ2v) is 9.68. The van der Waals surface area contributed by atoms with Gasteiger partial charge in [0.1, 0.15) is 5.65 Å². The Morgan fingerprint density at radius 2 is 1.70 bits per heavy atom. The average molecular weight is 453 g/mol. The minimum Gasteiger partial charge on any atom is -0.385 e. The van der Waals surface area contributed by atoms with Crippen molar-refractivity contribution in [2.75, 3.05) is 13.2 Å². The number of nitrogens with zero attached hydrogens (tertiary/aromatic N) is 2. The first-order chi connectivity index (χ1) is 16.2. The molecule has 6 rings (SSSR count). The fourth-order valence-electron chi connectivity index (χ4n) is 4.67. The molecule has 1 fully saturated rings. The Balaban J connectivity index is 1.40. The van der Waals surface area contributed by atoms with E-state index in [0.29, 0.717) is 26.1 Å². The van der Waals surface area contributed by atoms with E-state index in [0.717, 1.165) is 26.5 Å². The van der Waals surface area contributed by atoms with Gasteiger partial charge in [-0.05, 0) is 47.0 Å². The van der Waals surface area contributed by atoms with E-state index in [1.165, 1.54) is 16.5 Å². The summed E-state index contributed by atoms with van der Waals surface area (Å²) in [5, 5.41) is 12.3. The lowest BCUT2D eigenvalue weighted by molar-refractivity contribution is -0.0680. The van der Waals surface area contributed by atoms with Crippen molar-refractivity contribution in [3.8, 4) is 11.1 Å². The molecule has 2 aromatic heterocycles. The van der Waals surface area contributed by atoms with E-state index in [9.17, 15) is 5.11 Å². The average Bonchev–Trinajstić information content (AvgIpc) is 3.34. The first kappa shape index (κ1) is 20.5. The number of rotatable bonds is 4. The zero-order valence-electron chi connectivity index (χ0n) is 18.1. The maximum absolute atomic E-state index is 11.1. The number of aliphatic hydroxyl groups is 1. The lowest BCUT2D eigenvalue weighted by atomic mass is 9.87. The van der Waals surface area contributed by atoms with E-state index in [1.54, 1.807) is 11.8 Å². The Hall–Kier alpha value is -3.12. The van der Waals surface area contributed by atoms with Gasteiger partial charge in [-0.2, -0.15) is 0 Å². The van der Waals surface area contributed by atoms with Gasteiger partial charge in [0.15, 0.2) is 0 Å². The van der Waals surface area contributed by atoms with E-state index < -0.39 is 5.60 Å². The van der Waals surface area contributed by atoms with Gasteiger partial charge in [0, 0.05) is 53.6 Å². The predicted octanol–water partition coefficient (Wildman–Crippen LogP) is 6.30. The summed E-state index contributed by atoms with van der Waals surface area (Å²) in [5.74, 6) is 0. The first-order valence-electron chi connectivity index (χ1n) is 11.2. The summed E-state index contributed by atoms with van der Waals surface area (Å²) in [6.07, 6.45) is 5.14. The number of ether oxygens (including phenoxy) is 1. The van der Waals surface area contributed by atoms with Gasteiger partial charge >= 0.3 is 0 Å². The molecule has 3 aromatic carbocycles. The maximum Gasteiger partial charge on any atom is 0.137 e. The molecule has 164 valence electrons. The van der Waals surface area contributed by atoms with Crippen molar-refractivity contribution < 1.29 is 9.84 Å². The molecule has 4 nitrogen and oxygen atoms in total. The summed E-state index contributed by atoms with van der Waals surface area (Å²) in [4.78, 5) is 6.83. The van der Waals surface area contributed by atoms with Gasteiger partial charge in [0.2, 0.25) is 0 Å². The summed E-state index contributed by atoms with van der Waals surface area (Å²) < 4.78 is 7.60. The van der Waals surface area contributed by atoms with Crippen molar-refractivity contribution in [1.82, 2.24) is 9.38 Å². The van der Waals surface area contributed by atoms with Crippen LogP contribution in [0.5, 0.6) is 0 Å². The Morgan fingerprint density at radius 3 is 2.55 bits per heavy atom. The molecule has 33 heavy (non-hydrogen) atoms. The third-order valence-corrected chi connectivity index (χ3v) is 7.45. The highest BCUT2D eigenvalue weighted by Gasteiger charge is 2.31. The van der Waals surface area contributed by atoms with Gasteiger partial charge in [-0.3, -0.25) is 4.40 Å². The SMILES string of the molecule is OC1(c2cccc(Sc3ccc4c(-c5ccccc5)cc5nccn5c4c3)c2)CCOCC1. The van der Waals surface area contributed by atoms with E-state index in [4.69, 9.17) is 4.74 Å². The van der Waals surface area contributed by atoms with Crippen LogP contribution >= 0.6 is 11.8 Å². The van der Waals surface area contributed by atoms with Gasteiger partial charge in [-0.25, -0.2) is 4.98 Å².